The van der Waals surface area contributed by atoms with E-state index >= 15 is 0 Å². The number of rotatable bonds is 6. The average Bonchev–Trinajstić information content (AvgIpc) is 2.97. The van der Waals surface area contributed by atoms with Crippen molar-refractivity contribution in [2.75, 3.05) is 19.0 Å². The number of nitrogens with zero attached hydrogens (tertiary/aromatic N) is 4. The molecule has 8 heteroatoms. The van der Waals surface area contributed by atoms with Crippen LogP contribution in [0.4, 0.5) is 11.6 Å². The average molecular weight is 343 g/mol. The van der Waals surface area contributed by atoms with E-state index in [4.69, 9.17) is 9.47 Å². The predicted molar refractivity (Wildman–Crippen MR) is 93.1 cm³/mol. The first-order chi connectivity index (χ1) is 11.7. The van der Waals surface area contributed by atoms with Crippen molar-refractivity contribution in [3.63, 3.8) is 0 Å². The summed E-state index contributed by atoms with van der Waals surface area (Å²) in [5.41, 5.74) is 2.47. The standard InChI is InChI=1S/C16H17N5O2S/c1-4-23-16-19-10(2)14(24-16)12-7-8-17-15(21-12)20-11-5-6-13(22-3)18-9-11/h5-9H,4H2,1-3H3,(H,17,20,21). The zero-order valence-electron chi connectivity index (χ0n) is 13.6. The van der Waals surface area contributed by atoms with Crippen LogP contribution in [-0.4, -0.2) is 33.7 Å². The Balaban J connectivity index is 1.83. The summed E-state index contributed by atoms with van der Waals surface area (Å²) in [4.78, 5) is 18.3. The number of hydrogen-bond acceptors (Lipinski definition) is 8. The maximum absolute atomic E-state index is 5.46. The lowest BCUT2D eigenvalue weighted by Crippen LogP contribution is -1.98. The number of thiazole rings is 1. The van der Waals surface area contributed by atoms with Gasteiger partial charge in [-0.3, -0.25) is 0 Å². The maximum atomic E-state index is 5.46. The van der Waals surface area contributed by atoms with Crippen molar-refractivity contribution in [3.8, 4) is 21.6 Å². The SMILES string of the molecule is CCOc1nc(C)c(-c2ccnc(Nc3ccc(OC)nc3)n2)s1. The van der Waals surface area contributed by atoms with Gasteiger partial charge in [-0.2, -0.15) is 0 Å². The Bertz CT molecular complexity index is 820. The Morgan fingerprint density at radius 1 is 1.17 bits per heavy atom. The number of methoxy groups -OCH3 is 1. The van der Waals surface area contributed by atoms with Crippen LogP contribution in [0.3, 0.4) is 0 Å². The number of aryl methyl sites for hydroxylation is 1. The van der Waals surface area contributed by atoms with Crippen LogP contribution >= 0.6 is 11.3 Å². The molecule has 0 saturated carbocycles. The lowest BCUT2D eigenvalue weighted by Gasteiger charge is -2.06. The van der Waals surface area contributed by atoms with Crippen molar-refractivity contribution >= 4 is 23.0 Å². The van der Waals surface area contributed by atoms with E-state index in [0.717, 1.165) is 22.0 Å². The van der Waals surface area contributed by atoms with Crippen molar-refractivity contribution in [1.29, 1.82) is 0 Å². The van der Waals surface area contributed by atoms with Gasteiger partial charge in [0.2, 0.25) is 11.8 Å². The highest BCUT2D eigenvalue weighted by molar-refractivity contribution is 7.17. The molecule has 0 bridgehead atoms. The van der Waals surface area contributed by atoms with Gasteiger partial charge in [-0.05, 0) is 26.0 Å². The van der Waals surface area contributed by atoms with Crippen LogP contribution in [0.2, 0.25) is 0 Å². The van der Waals surface area contributed by atoms with Crippen LogP contribution in [0.1, 0.15) is 12.6 Å². The van der Waals surface area contributed by atoms with Gasteiger partial charge in [0.25, 0.3) is 5.19 Å². The van der Waals surface area contributed by atoms with E-state index in [-0.39, 0.29) is 0 Å². The van der Waals surface area contributed by atoms with Crippen LogP contribution < -0.4 is 14.8 Å². The lowest BCUT2D eigenvalue weighted by atomic mass is 10.3. The summed E-state index contributed by atoms with van der Waals surface area (Å²) >= 11 is 1.48. The molecule has 7 nitrogen and oxygen atoms in total. The third-order valence-corrected chi connectivity index (χ3v) is 4.23. The molecule has 0 spiro atoms. The van der Waals surface area contributed by atoms with Crippen molar-refractivity contribution in [2.45, 2.75) is 13.8 Å². The third-order valence-electron chi connectivity index (χ3n) is 3.13. The summed E-state index contributed by atoms with van der Waals surface area (Å²) in [5.74, 6) is 1.05. The van der Waals surface area contributed by atoms with E-state index in [1.54, 1.807) is 25.6 Å². The van der Waals surface area contributed by atoms with Crippen molar-refractivity contribution in [2.24, 2.45) is 0 Å². The Morgan fingerprint density at radius 3 is 2.75 bits per heavy atom. The third kappa shape index (κ3) is 3.60. The molecule has 24 heavy (non-hydrogen) atoms. The first-order valence-electron chi connectivity index (χ1n) is 7.40. The first kappa shape index (κ1) is 16.1. The molecule has 0 aliphatic carbocycles. The van der Waals surface area contributed by atoms with Gasteiger partial charge in [0, 0.05) is 12.3 Å². The number of aromatic nitrogens is 4. The fourth-order valence-corrected chi connectivity index (χ4v) is 2.99. The number of hydrogen-bond donors (Lipinski definition) is 1. The Hall–Kier alpha value is -2.74. The van der Waals surface area contributed by atoms with E-state index in [1.807, 2.05) is 26.0 Å². The van der Waals surface area contributed by atoms with Gasteiger partial charge in [-0.15, -0.1) is 0 Å². The molecule has 0 unspecified atom stereocenters. The smallest absolute Gasteiger partial charge is 0.274 e. The minimum Gasteiger partial charge on any atom is -0.481 e. The number of ether oxygens (including phenoxy) is 2. The van der Waals surface area contributed by atoms with Crippen LogP contribution in [-0.2, 0) is 0 Å². The zero-order valence-corrected chi connectivity index (χ0v) is 14.4. The van der Waals surface area contributed by atoms with Gasteiger partial charge in [-0.1, -0.05) is 11.3 Å². The second-order valence-corrected chi connectivity index (χ2v) is 5.77. The van der Waals surface area contributed by atoms with E-state index in [2.05, 4.69) is 25.3 Å². The Labute approximate surface area is 143 Å². The predicted octanol–water partition coefficient (Wildman–Crippen LogP) is 3.45. The van der Waals surface area contributed by atoms with Gasteiger partial charge in [0.1, 0.15) is 0 Å². The molecule has 3 rings (SSSR count). The van der Waals surface area contributed by atoms with Gasteiger partial charge in [-0.25, -0.2) is 19.9 Å². The van der Waals surface area contributed by atoms with E-state index in [1.165, 1.54) is 11.3 Å². The first-order valence-corrected chi connectivity index (χ1v) is 8.22. The van der Waals surface area contributed by atoms with E-state index in [0.29, 0.717) is 23.6 Å². The molecule has 3 heterocycles. The summed E-state index contributed by atoms with van der Waals surface area (Å²) in [7, 11) is 1.58. The molecule has 1 N–H and O–H groups in total. The molecule has 0 radical (unpaired) electrons. The van der Waals surface area contributed by atoms with Gasteiger partial charge < -0.3 is 14.8 Å². The topological polar surface area (TPSA) is 82.1 Å². The van der Waals surface area contributed by atoms with Gasteiger partial charge in [0.05, 0.1) is 41.9 Å². The van der Waals surface area contributed by atoms with Crippen LogP contribution in [0.15, 0.2) is 30.6 Å². The molecule has 0 aromatic carbocycles. The fourth-order valence-electron chi connectivity index (χ4n) is 2.04. The zero-order chi connectivity index (χ0) is 16.9. The van der Waals surface area contributed by atoms with Crippen LogP contribution in [0.5, 0.6) is 11.1 Å². The van der Waals surface area contributed by atoms with Crippen molar-refractivity contribution in [1.82, 2.24) is 19.9 Å². The van der Waals surface area contributed by atoms with Gasteiger partial charge in [0.15, 0.2) is 0 Å². The summed E-state index contributed by atoms with van der Waals surface area (Å²) in [6.45, 7) is 4.47. The molecule has 0 fully saturated rings. The summed E-state index contributed by atoms with van der Waals surface area (Å²) in [5, 5.41) is 3.78. The molecule has 3 aromatic heterocycles. The minimum absolute atomic E-state index is 0.491. The molecule has 0 aliphatic rings. The van der Waals surface area contributed by atoms with Gasteiger partial charge >= 0.3 is 0 Å². The molecule has 124 valence electrons. The van der Waals surface area contributed by atoms with Crippen molar-refractivity contribution < 1.29 is 9.47 Å². The molecular formula is C16H17N5O2S. The quantitative estimate of drug-likeness (QED) is 0.734. The van der Waals surface area contributed by atoms with Crippen LogP contribution in [0, 0.1) is 6.92 Å². The number of pyridine rings is 1. The van der Waals surface area contributed by atoms with E-state index in [9.17, 15) is 0 Å². The molecule has 3 aromatic rings. The molecule has 0 saturated heterocycles. The Kier molecular flexibility index (Phi) is 4.85. The monoisotopic (exact) mass is 343 g/mol. The normalized spacial score (nSPS) is 10.5. The number of nitrogens with one attached hydrogen (secondary N) is 1. The maximum Gasteiger partial charge on any atom is 0.274 e. The molecule has 0 aliphatic heterocycles. The number of anilines is 2. The second kappa shape index (κ2) is 7.22. The molecule has 0 atom stereocenters. The molecular weight excluding hydrogens is 326 g/mol. The lowest BCUT2D eigenvalue weighted by molar-refractivity contribution is 0.338. The molecule has 0 amide bonds. The van der Waals surface area contributed by atoms with E-state index < -0.39 is 0 Å². The summed E-state index contributed by atoms with van der Waals surface area (Å²) in [6, 6.07) is 5.48. The highest BCUT2D eigenvalue weighted by Crippen LogP contribution is 2.33. The summed E-state index contributed by atoms with van der Waals surface area (Å²) in [6.07, 6.45) is 3.38. The Morgan fingerprint density at radius 2 is 2.04 bits per heavy atom. The fraction of sp³-hybridized carbons (Fsp3) is 0.250. The van der Waals surface area contributed by atoms with Crippen molar-refractivity contribution in [3.05, 3.63) is 36.3 Å². The summed E-state index contributed by atoms with van der Waals surface area (Å²) < 4.78 is 10.5. The van der Waals surface area contributed by atoms with Crippen LogP contribution in [0.25, 0.3) is 10.6 Å². The second-order valence-electron chi connectivity index (χ2n) is 4.81. The minimum atomic E-state index is 0.491. The highest BCUT2D eigenvalue weighted by Gasteiger charge is 2.12. The largest absolute Gasteiger partial charge is 0.481 e. The highest BCUT2D eigenvalue weighted by atomic mass is 32.1.